The zero-order valence-corrected chi connectivity index (χ0v) is 18.6. The molecular formula is C28H27N3O2. The molecule has 33 heavy (non-hydrogen) atoms. The van der Waals surface area contributed by atoms with Gasteiger partial charge in [0, 0.05) is 30.3 Å². The van der Waals surface area contributed by atoms with E-state index in [1.165, 1.54) is 22.9 Å². The van der Waals surface area contributed by atoms with E-state index in [9.17, 15) is 4.79 Å². The molecule has 1 aromatic heterocycles. The highest BCUT2D eigenvalue weighted by atomic mass is 16.5. The van der Waals surface area contributed by atoms with E-state index < -0.39 is 5.91 Å². The molecular weight excluding hydrogens is 410 g/mol. The Morgan fingerprint density at radius 2 is 1.67 bits per heavy atom. The van der Waals surface area contributed by atoms with E-state index in [-0.39, 0.29) is 0 Å². The van der Waals surface area contributed by atoms with Crippen molar-refractivity contribution in [1.82, 2.24) is 15.0 Å². The fourth-order valence-electron chi connectivity index (χ4n) is 3.96. The van der Waals surface area contributed by atoms with Gasteiger partial charge in [-0.15, -0.1) is 0 Å². The summed E-state index contributed by atoms with van der Waals surface area (Å²) < 4.78 is 2.32. The summed E-state index contributed by atoms with van der Waals surface area (Å²) in [5.41, 5.74) is 8.21. The van der Waals surface area contributed by atoms with Gasteiger partial charge in [0.1, 0.15) is 5.82 Å². The zero-order valence-electron chi connectivity index (χ0n) is 18.6. The number of carbonyl (C=O) groups is 1. The summed E-state index contributed by atoms with van der Waals surface area (Å²) in [4.78, 5) is 16.3. The van der Waals surface area contributed by atoms with Crippen molar-refractivity contribution in [1.29, 1.82) is 0 Å². The van der Waals surface area contributed by atoms with Gasteiger partial charge < -0.3 is 4.57 Å². The first-order valence-electron chi connectivity index (χ1n) is 11.0. The second-order valence-electron chi connectivity index (χ2n) is 7.95. The number of aromatic nitrogens is 2. The minimum atomic E-state index is -0.564. The SMILES string of the molecule is Cc1nc(-c2cccc(/C=C/C(=O)NO)c2)n(CCc2ccccc2)c1Cc1ccccc1. The summed E-state index contributed by atoms with van der Waals surface area (Å²) in [6.07, 6.45) is 4.68. The minimum absolute atomic E-state index is 0.564. The smallest absolute Gasteiger partial charge is 0.267 e. The number of rotatable bonds is 8. The second-order valence-corrected chi connectivity index (χ2v) is 7.95. The van der Waals surface area contributed by atoms with Crippen molar-refractivity contribution < 1.29 is 10.0 Å². The number of hydroxylamine groups is 1. The third-order valence-electron chi connectivity index (χ3n) is 5.64. The topological polar surface area (TPSA) is 67.2 Å². The lowest BCUT2D eigenvalue weighted by Gasteiger charge is -2.14. The van der Waals surface area contributed by atoms with E-state index in [2.05, 4.69) is 60.0 Å². The van der Waals surface area contributed by atoms with Crippen molar-refractivity contribution in [3.05, 3.63) is 119 Å². The quantitative estimate of drug-likeness (QED) is 0.226. The van der Waals surface area contributed by atoms with E-state index in [1.54, 1.807) is 11.6 Å². The van der Waals surface area contributed by atoms with Gasteiger partial charge in [0.2, 0.25) is 0 Å². The Morgan fingerprint density at radius 1 is 0.970 bits per heavy atom. The largest absolute Gasteiger partial charge is 0.327 e. The molecule has 3 aromatic carbocycles. The van der Waals surface area contributed by atoms with Crippen LogP contribution in [0.25, 0.3) is 17.5 Å². The maximum atomic E-state index is 11.4. The maximum Gasteiger partial charge on any atom is 0.267 e. The van der Waals surface area contributed by atoms with Gasteiger partial charge in [-0.2, -0.15) is 0 Å². The zero-order chi connectivity index (χ0) is 23.0. The maximum absolute atomic E-state index is 11.4. The summed E-state index contributed by atoms with van der Waals surface area (Å²) in [6.45, 7) is 2.88. The van der Waals surface area contributed by atoms with Crippen LogP contribution in [0.4, 0.5) is 0 Å². The predicted octanol–water partition coefficient (Wildman–Crippen LogP) is 5.21. The number of nitrogens with zero attached hydrogens (tertiary/aromatic N) is 2. The van der Waals surface area contributed by atoms with Gasteiger partial charge in [-0.3, -0.25) is 10.0 Å². The second kappa shape index (κ2) is 10.6. The lowest BCUT2D eigenvalue weighted by Crippen LogP contribution is -2.14. The first-order chi connectivity index (χ1) is 16.1. The third-order valence-corrected chi connectivity index (χ3v) is 5.64. The minimum Gasteiger partial charge on any atom is -0.327 e. The third kappa shape index (κ3) is 5.64. The van der Waals surface area contributed by atoms with Crippen LogP contribution in [0, 0.1) is 6.92 Å². The molecule has 4 rings (SSSR count). The number of nitrogens with one attached hydrogen (secondary N) is 1. The Labute approximate surface area is 194 Å². The van der Waals surface area contributed by atoms with Crippen LogP contribution in [-0.2, 0) is 24.2 Å². The molecule has 5 nitrogen and oxygen atoms in total. The molecule has 2 N–H and O–H groups in total. The van der Waals surface area contributed by atoms with Crippen molar-refractivity contribution in [3.63, 3.8) is 0 Å². The van der Waals surface area contributed by atoms with Gasteiger partial charge in [-0.25, -0.2) is 10.5 Å². The highest BCUT2D eigenvalue weighted by Crippen LogP contribution is 2.26. The van der Waals surface area contributed by atoms with Crippen LogP contribution in [0.5, 0.6) is 0 Å². The summed E-state index contributed by atoms with van der Waals surface area (Å²) in [5, 5.41) is 8.73. The number of imidazole rings is 1. The first-order valence-corrected chi connectivity index (χ1v) is 11.0. The van der Waals surface area contributed by atoms with Crippen LogP contribution >= 0.6 is 0 Å². The Morgan fingerprint density at radius 3 is 2.36 bits per heavy atom. The van der Waals surface area contributed by atoms with Gasteiger partial charge in [-0.1, -0.05) is 78.9 Å². The molecule has 1 heterocycles. The fraction of sp³-hybridized carbons (Fsp3) is 0.143. The average Bonchev–Trinajstić information content (AvgIpc) is 3.17. The van der Waals surface area contributed by atoms with Crippen LogP contribution in [-0.4, -0.2) is 20.7 Å². The summed E-state index contributed by atoms with van der Waals surface area (Å²) >= 11 is 0. The molecule has 0 saturated carbocycles. The molecule has 4 aromatic rings. The molecule has 0 aliphatic rings. The number of benzene rings is 3. The first kappa shape index (κ1) is 22.2. The Hall–Kier alpha value is -3.96. The number of amides is 1. The number of aryl methyl sites for hydroxylation is 2. The monoisotopic (exact) mass is 437 g/mol. The van der Waals surface area contributed by atoms with E-state index >= 15 is 0 Å². The highest BCUT2D eigenvalue weighted by molar-refractivity contribution is 5.91. The Kier molecular flexibility index (Phi) is 7.12. The lowest BCUT2D eigenvalue weighted by molar-refractivity contribution is -0.124. The van der Waals surface area contributed by atoms with Gasteiger partial charge in [-0.05, 0) is 42.2 Å². The molecule has 0 aliphatic carbocycles. The van der Waals surface area contributed by atoms with E-state index in [0.29, 0.717) is 0 Å². The van der Waals surface area contributed by atoms with Crippen molar-refractivity contribution in [3.8, 4) is 11.4 Å². The summed E-state index contributed by atoms with van der Waals surface area (Å²) in [5.74, 6) is 0.349. The van der Waals surface area contributed by atoms with Crippen LogP contribution < -0.4 is 5.48 Å². The molecule has 0 radical (unpaired) electrons. The molecule has 0 saturated heterocycles. The highest BCUT2D eigenvalue weighted by Gasteiger charge is 2.16. The average molecular weight is 438 g/mol. The van der Waals surface area contributed by atoms with Crippen LogP contribution in [0.2, 0.25) is 0 Å². The predicted molar refractivity (Wildman–Crippen MR) is 131 cm³/mol. The molecule has 0 fully saturated rings. The lowest BCUT2D eigenvalue weighted by atomic mass is 10.1. The van der Waals surface area contributed by atoms with E-state index in [0.717, 1.165) is 42.0 Å². The van der Waals surface area contributed by atoms with Crippen molar-refractivity contribution in [2.75, 3.05) is 0 Å². The molecule has 5 heteroatoms. The van der Waals surface area contributed by atoms with E-state index in [1.807, 2.05) is 36.4 Å². The van der Waals surface area contributed by atoms with Crippen LogP contribution in [0.1, 0.15) is 28.1 Å². The van der Waals surface area contributed by atoms with Crippen LogP contribution in [0.3, 0.4) is 0 Å². The molecule has 1 amide bonds. The van der Waals surface area contributed by atoms with E-state index in [4.69, 9.17) is 10.2 Å². The molecule has 0 atom stereocenters. The van der Waals surface area contributed by atoms with Crippen molar-refractivity contribution in [2.45, 2.75) is 26.3 Å². The summed E-state index contributed by atoms with van der Waals surface area (Å²) in [7, 11) is 0. The number of hydrogen-bond donors (Lipinski definition) is 2. The van der Waals surface area contributed by atoms with Crippen molar-refractivity contribution >= 4 is 12.0 Å². The summed E-state index contributed by atoms with van der Waals surface area (Å²) in [6, 6.07) is 28.8. The molecule has 0 spiro atoms. The van der Waals surface area contributed by atoms with Gasteiger partial charge in [0.25, 0.3) is 5.91 Å². The molecule has 0 unspecified atom stereocenters. The Balaban J connectivity index is 1.72. The Bertz CT molecular complexity index is 1240. The van der Waals surface area contributed by atoms with Crippen LogP contribution in [0.15, 0.2) is 91.0 Å². The molecule has 0 aliphatic heterocycles. The van der Waals surface area contributed by atoms with Gasteiger partial charge >= 0.3 is 0 Å². The standard InChI is InChI=1S/C28H27N3O2/c1-21-26(20-23-11-6-3-7-12-23)31(18-17-22-9-4-2-5-10-22)28(29-21)25-14-8-13-24(19-25)15-16-27(32)30-33/h2-16,19,33H,17-18,20H2,1H3,(H,30,32)/b16-15+. The molecule has 166 valence electrons. The van der Waals surface area contributed by atoms with Crippen molar-refractivity contribution in [2.24, 2.45) is 0 Å². The molecule has 0 bridgehead atoms. The number of hydrogen-bond acceptors (Lipinski definition) is 3. The van der Waals surface area contributed by atoms with Gasteiger partial charge in [0.15, 0.2) is 0 Å². The number of carbonyl (C=O) groups excluding carboxylic acids is 1. The van der Waals surface area contributed by atoms with Gasteiger partial charge in [0.05, 0.1) is 5.69 Å². The fourth-order valence-corrected chi connectivity index (χ4v) is 3.96. The normalized spacial score (nSPS) is 11.1.